The molecule has 1 N–H and O–H groups in total. The minimum atomic E-state index is -3.90. The lowest BCUT2D eigenvalue weighted by Crippen LogP contribution is -2.51. The van der Waals surface area contributed by atoms with Crippen LogP contribution in [-0.4, -0.2) is 48.9 Å². The van der Waals surface area contributed by atoms with E-state index in [1.54, 1.807) is 23.1 Å². The molecule has 5 nitrogen and oxygen atoms in total. The second-order valence-corrected chi connectivity index (χ2v) is 8.02. The van der Waals surface area contributed by atoms with Gasteiger partial charge in [0.15, 0.2) is 5.11 Å². The topological polar surface area (TPSA) is 52.7 Å². The Kier molecular flexibility index (Phi) is 5.49. The third kappa shape index (κ3) is 3.84. The number of hydrogen-bond donors (Lipinski definition) is 1. The zero-order valence-corrected chi connectivity index (χ0v) is 15.4. The molecular formula is C17H17F2N3O2S2. The first kappa shape index (κ1) is 18.7. The van der Waals surface area contributed by atoms with E-state index in [4.69, 9.17) is 12.2 Å². The largest absolute Gasteiger partial charge is 0.346 e. The molecule has 0 aromatic heterocycles. The van der Waals surface area contributed by atoms with Gasteiger partial charge < -0.3 is 10.2 Å². The molecule has 0 saturated carbocycles. The molecule has 2 aromatic rings. The molecule has 0 aliphatic carbocycles. The molecule has 0 spiro atoms. The Bertz CT molecular complexity index is 914. The van der Waals surface area contributed by atoms with Crippen LogP contribution in [0.5, 0.6) is 0 Å². The third-order valence-electron chi connectivity index (χ3n) is 4.10. The van der Waals surface area contributed by atoms with Gasteiger partial charge in [0.2, 0.25) is 10.0 Å². The minimum absolute atomic E-state index is 0.162. The molecule has 9 heteroatoms. The molecule has 26 heavy (non-hydrogen) atoms. The molecule has 3 rings (SSSR count). The van der Waals surface area contributed by atoms with Crippen LogP contribution in [0.1, 0.15) is 0 Å². The lowest BCUT2D eigenvalue weighted by Gasteiger charge is -2.35. The number of hydrogen-bond acceptors (Lipinski definition) is 3. The van der Waals surface area contributed by atoms with Gasteiger partial charge in [-0.1, -0.05) is 24.3 Å². The smallest absolute Gasteiger partial charge is 0.246 e. The molecule has 1 saturated heterocycles. The summed E-state index contributed by atoms with van der Waals surface area (Å²) >= 11 is 5.28. The predicted molar refractivity (Wildman–Crippen MR) is 99.4 cm³/mol. The zero-order valence-electron chi connectivity index (χ0n) is 13.7. The number of anilines is 1. The van der Waals surface area contributed by atoms with Gasteiger partial charge in [-0.25, -0.2) is 17.2 Å². The first-order valence-electron chi connectivity index (χ1n) is 7.95. The van der Waals surface area contributed by atoms with Crippen LogP contribution in [0.25, 0.3) is 0 Å². The summed E-state index contributed by atoms with van der Waals surface area (Å²) in [5.74, 6) is -1.19. The highest BCUT2D eigenvalue weighted by molar-refractivity contribution is 7.89. The number of nitrogens with zero attached hydrogens (tertiary/aromatic N) is 2. The number of nitrogens with one attached hydrogen (secondary N) is 1. The third-order valence-corrected chi connectivity index (χ3v) is 6.39. The quantitative estimate of drug-likeness (QED) is 0.807. The van der Waals surface area contributed by atoms with Crippen LogP contribution in [0.2, 0.25) is 0 Å². The highest BCUT2D eigenvalue weighted by atomic mass is 32.2. The van der Waals surface area contributed by atoms with Gasteiger partial charge >= 0.3 is 0 Å². The molecular weight excluding hydrogens is 380 g/mol. The Hall–Kier alpha value is -2.10. The monoisotopic (exact) mass is 397 g/mol. The first-order valence-corrected chi connectivity index (χ1v) is 9.79. The van der Waals surface area contributed by atoms with Crippen molar-refractivity contribution in [2.45, 2.75) is 4.90 Å². The first-order chi connectivity index (χ1) is 12.4. The van der Waals surface area contributed by atoms with Crippen molar-refractivity contribution in [3.8, 4) is 0 Å². The fourth-order valence-corrected chi connectivity index (χ4v) is 4.46. The van der Waals surface area contributed by atoms with Gasteiger partial charge in [0.05, 0.1) is 5.69 Å². The Balaban J connectivity index is 1.65. The summed E-state index contributed by atoms with van der Waals surface area (Å²) < 4.78 is 53.9. The minimum Gasteiger partial charge on any atom is -0.346 e. The molecule has 2 aromatic carbocycles. The Labute approximate surface area is 156 Å². The summed E-state index contributed by atoms with van der Waals surface area (Å²) in [5, 5.41) is 3.15. The van der Waals surface area contributed by atoms with E-state index in [1.807, 2.05) is 0 Å². The lowest BCUT2D eigenvalue weighted by atomic mass is 10.3. The van der Waals surface area contributed by atoms with Crippen LogP contribution in [-0.2, 0) is 10.0 Å². The zero-order chi connectivity index (χ0) is 18.7. The summed E-state index contributed by atoms with van der Waals surface area (Å²) in [4.78, 5) is 1.43. The van der Waals surface area contributed by atoms with Crippen molar-refractivity contribution < 1.29 is 17.2 Å². The number of para-hydroxylation sites is 1. The van der Waals surface area contributed by atoms with E-state index in [0.717, 1.165) is 6.07 Å². The average Bonchev–Trinajstić information content (AvgIpc) is 2.64. The molecule has 1 aliphatic heterocycles. The maximum atomic E-state index is 13.8. The summed E-state index contributed by atoms with van der Waals surface area (Å²) in [7, 11) is -3.90. The SMILES string of the molecule is O=S(=O)(c1ccccc1F)N1CCN(C(=S)Nc2ccccc2F)CC1. The molecule has 1 aliphatic rings. The molecule has 0 unspecified atom stereocenters. The summed E-state index contributed by atoms with van der Waals surface area (Å²) in [6.45, 7) is 0.980. The van der Waals surface area contributed by atoms with Gasteiger partial charge in [-0.05, 0) is 36.5 Å². The molecule has 0 radical (unpaired) electrons. The molecule has 1 heterocycles. The van der Waals surface area contributed by atoms with Gasteiger partial charge in [-0.2, -0.15) is 4.31 Å². The molecule has 1 fully saturated rings. The maximum Gasteiger partial charge on any atom is 0.246 e. The van der Waals surface area contributed by atoms with Crippen LogP contribution in [0.4, 0.5) is 14.5 Å². The van der Waals surface area contributed by atoms with E-state index in [1.165, 1.54) is 28.6 Å². The molecule has 0 bridgehead atoms. The molecule has 0 amide bonds. The number of piperazine rings is 1. The van der Waals surface area contributed by atoms with Crippen LogP contribution in [0, 0.1) is 11.6 Å². The number of halogens is 2. The fraction of sp³-hybridized carbons (Fsp3) is 0.235. The van der Waals surface area contributed by atoms with Gasteiger partial charge in [-0.15, -0.1) is 0 Å². The van der Waals surface area contributed by atoms with Gasteiger partial charge in [0.1, 0.15) is 16.5 Å². The summed E-state index contributed by atoms with van der Waals surface area (Å²) in [6, 6.07) is 11.5. The van der Waals surface area contributed by atoms with Crippen LogP contribution in [0.15, 0.2) is 53.4 Å². The van der Waals surface area contributed by atoms with Gasteiger partial charge in [0, 0.05) is 26.2 Å². The second kappa shape index (κ2) is 7.65. The average molecular weight is 397 g/mol. The van der Waals surface area contributed by atoms with Gasteiger partial charge in [0.25, 0.3) is 0 Å². The lowest BCUT2D eigenvalue weighted by molar-refractivity contribution is 0.268. The van der Waals surface area contributed by atoms with Crippen molar-refractivity contribution in [3.05, 3.63) is 60.2 Å². The number of sulfonamides is 1. The second-order valence-electron chi connectivity index (χ2n) is 5.73. The van der Waals surface area contributed by atoms with Crippen molar-refractivity contribution in [3.63, 3.8) is 0 Å². The van der Waals surface area contributed by atoms with Crippen LogP contribution >= 0.6 is 12.2 Å². The van der Waals surface area contributed by atoms with E-state index in [0.29, 0.717) is 18.2 Å². The Morgan fingerprint density at radius 2 is 1.50 bits per heavy atom. The molecule has 138 valence electrons. The van der Waals surface area contributed by atoms with Crippen molar-refractivity contribution in [2.75, 3.05) is 31.5 Å². The maximum absolute atomic E-state index is 13.8. The highest BCUT2D eigenvalue weighted by Gasteiger charge is 2.31. The van der Waals surface area contributed by atoms with E-state index >= 15 is 0 Å². The summed E-state index contributed by atoms with van der Waals surface area (Å²) in [5.41, 5.74) is 0.263. The number of thiocarbonyl (C=S) groups is 1. The van der Waals surface area contributed by atoms with Crippen LogP contribution in [0.3, 0.4) is 0 Å². The van der Waals surface area contributed by atoms with Crippen molar-refractivity contribution in [2.24, 2.45) is 0 Å². The highest BCUT2D eigenvalue weighted by Crippen LogP contribution is 2.21. The fourth-order valence-electron chi connectivity index (χ4n) is 2.68. The standard InChI is InChI=1S/C17H17F2N3O2S2/c18-13-5-1-3-7-15(13)20-17(25)21-9-11-22(12-10-21)26(23,24)16-8-4-2-6-14(16)19/h1-8H,9-12H2,(H,20,25). The van der Waals surface area contributed by atoms with E-state index < -0.39 is 21.7 Å². The number of benzene rings is 2. The Morgan fingerprint density at radius 3 is 2.12 bits per heavy atom. The predicted octanol–water partition coefficient (Wildman–Crippen LogP) is 2.67. The summed E-state index contributed by atoms with van der Waals surface area (Å²) in [6.07, 6.45) is 0. The van der Waals surface area contributed by atoms with E-state index in [2.05, 4.69) is 5.32 Å². The van der Waals surface area contributed by atoms with Crippen molar-refractivity contribution in [1.29, 1.82) is 0 Å². The van der Waals surface area contributed by atoms with Crippen molar-refractivity contribution >= 4 is 33.0 Å². The van der Waals surface area contributed by atoms with Crippen molar-refractivity contribution in [1.82, 2.24) is 9.21 Å². The Morgan fingerprint density at radius 1 is 0.923 bits per heavy atom. The number of rotatable bonds is 3. The molecule has 0 atom stereocenters. The van der Waals surface area contributed by atoms with Crippen LogP contribution < -0.4 is 5.32 Å². The van der Waals surface area contributed by atoms with E-state index in [-0.39, 0.29) is 23.7 Å². The normalized spacial score (nSPS) is 15.7. The van der Waals surface area contributed by atoms with E-state index in [9.17, 15) is 17.2 Å². The van der Waals surface area contributed by atoms with Gasteiger partial charge in [-0.3, -0.25) is 0 Å².